The van der Waals surface area contributed by atoms with Gasteiger partial charge >= 0.3 is 0 Å². The molecule has 118 valence electrons. The minimum absolute atomic E-state index is 0.0968. The van der Waals surface area contributed by atoms with Crippen LogP contribution < -0.4 is 21.5 Å². The number of aryl methyl sites for hydroxylation is 2. The lowest BCUT2D eigenvalue weighted by molar-refractivity contribution is -0.123. The fourth-order valence-electron chi connectivity index (χ4n) is 2.10. The maximum absolute atomic E-state index is 11.9. The average molecular weight is 293 g/mol. The van der Waals surface area contributed by atoms with E-state index in [-0.39, 0.29) is 11.9 Å². The maximum atomic E-state index is 11.9. The summed E-state index contributed by atoms with van der Waals surface area (Å²) in [6.07, 6.45) is 1.36. The van der Waals surface area contributed by atoms with Crippen molar-refractivity contribution < 1.29 is 9.53 Å². The molecule has 0 radical (unpaired) electrons. The molecule has 0 heterocycles. The summed E-state index contributed by atoms with van der Waals surface area (Å²) in [6.45, 7) is 6.89. The lowest BCUT2D eigenvalue weighted by Crippen LogP contribution is -2.46. The summed E-state index contributed by atoms with van der Waals surface area (Å²) in [7, 11) is 0. The Morgan fingerprint density at radius 2 is 1.95 bits per heavy atom. The second kappa shape index (κ2) is 8.64. The second-order valence-electron chi connectivity index (χ2n) is 5.48. The Hall–Kier alpha value is -1.59. The number of benzene rings is 1. The second-order valence-corrected chi connectivity index (χ2v) is 5.48. The fourth-order valence-corrected chi connectivity index (χ4v) is 2.10. The number of amides is 1. The molecule has 1 rings (SSSR count). The molecule has 1 aromatic rings. The quantitative estimate of drug-likeness (QED) is 0.673. The van der Waals surface area contributed by atoms with E-state index in [1.54, 1.807) is 0 Å². The highest BCUT2D eigenvalue weighted by molar-refractivity contribution is 5.81. The van der Waals surface area contributed by atoms with Crippen LogP contribution in [0, 0.1) is 13.8 Å². The Morgan fingerprint density at radius 1 is 1.33 bits per heavy atom. The highest BCUT2D eigenvalue weighted by atomic mass is 16.5. The third-order valence-corrected chi connectivity index (χ3v) is 3.33. The maximum Gasteiger partial charge on any atom is 0.237 e. The van der Waals surface area contributed by atoms with Crippen LogP contribution in [0.4, 0.5) is 0 Å². The SMILES string of the molecule is Cc1cccc(C)c1OCC(C)NC(=O)[C@@H](N)CCCN. The molecule has 21 heavy (non-hydrogen) atoms. The first-order chi connectivity index (χ1) is 9.95. The van der Waals surface area contributed by atoms with Gasteiger partial charge in [-0.05, 0) is 51.3 Å². The summed E-state index contributed by atoms with van der Waals surface area (Å²) >= 11 is 0. The minimum Gasteiger partial charge on any atom is -0.491 e. The Morgan fingerprint density at radius 3 is 2.52 bits per heavy atom. The van der Waals surface area contributed by atoms with Crippen molar-refractivity contribution in [1.82, 2.24) is 5.32 Å². The van der Waals surface area contributed by atoms with Crippen LogP contribution in [0.15, 0.2) is 18.2 Å². The molecule has 0 bridgehead atoms. The number of hydrogen-bond acceptors (Lipinski definition) is 4. The van der Waals surface area contributed by atoms with Gasteiger partial charge in [0.05, 0.1) is 12.1 Å². The van der Waals surface area contributed by atoms with Crippen LogP contribution in [0.3, 0.4) is 0 Å². The van der Waals surface area contributed by atoms with E-state index in [0.717, 1.165) is 23.3 Å². The summed E-state index contributed by atoms with van der Waals surface area (Å²) in [5, 5.41) is 2.87. The summed E-state index contributed by atoms with van der Waals surface area (Å²) < 4.78 is 5.82. The van der Waals surface area contributed by atoms with Gasteiger partial charge in [0.25, 0.3) is 0 Å². The van der Waals surface area contributed by atoms with Crippen molar-refractivity contribution in [2.45, 2.75) is 45.7 Å². The van der Waals surface area contributed by atoms with E-state index in [1.807, 2.05) is 39.0 Å². The topological polar surface area (TPSA) is 90.4 Å². The van der Waals surface area contributed by atoms with Gasteiger partial charge in [-0.1, -0.05) is 18.2 Å². The molecule has 0 aliphatic rings. The van der Waals surface area contributed by atoms with Gasteiger partial charge in [-0.3, -0.25) is 4.79 Å². The molecule has 1 unspecified atom stereocenters. The lowest BCUT2D eigenvalue weighted by atomic mass is 10.1. The van der Waals surface area contributed by atoms with Crippen molar-refractivity contribution in [3.8, 4) is 5.75 Å². The van der Waals surface area contributed by atoms with Crippen molar-refractivity contribution >= 4 is 5.91 Å². The van der Waals surface area contributed by atoms with E-state index in [4.69, 9.17) is 16.2 Å². The van der Waals surface area contributed by atoms with Crippen LogP contribution in [0.5, 0.6) is 5.75 Å². The molecule has 0 spiro atoms. The largest absolute Gasteiger partial charge is 0.491 e. The van der Waals surface area contributed by atoms with Crippen LogP contribution in [0.1, 0.15) is 30.9 Å². The Balaban J connectivity index is 2.43. The lowest BCUT2D eigenvalue weighted by Gasteiger charge is -2.19. The third kappa shape index (κ3) is 5.73. The molecule has 2 atom stereocenters. The predicted octanol–water partition coefficient (Wildman–Crippen LogP) is 1.25. The average Bonchev–Trinajstić information content (AvgIpc) is 2.44. The van der Waals surface area contributed by atoms with Crippen LogP contribution in [-0.2, 0) is 4.79 Å². The molecule has 0 aliphatic heterocycles. The first-order valence-electron chi connectivity index (χ1n) is 7.40. The minimum atomic E-state index is -0.504. The molecule has 0 fully saturated rings. The number of hydrogen-bond donors (Lipinski definition) is 3. The van der Waals surface area contributed by atoms with Gasteiger partial charge in [0, 0.05) is 0 Å². The van der Waals surface area contributed by atoms with Gasteiger partial charge in [0.1, 0.15) is 12.4 Å². The first-order valence-corrected chi connectivity index (χ1v) is 7.40. The van der Waals surface area contributed by atoms with E-state index < -0.39 is 6.04 Å². The van der Waals surface area contributed by atoms with Crippen LogP contribution in [0.2, 0.25) is 0 Å². The zero-order chi connectivity index (χ0) is 15.8. The molecule has 0 saturated carbocycles. The van der Waals surface area contributed by atoms with Crippen LogP contribution >= 0.6 is 0 Å². The molecule has 1 amide bonds. The summed E-state index contributed by atoms with van der Waals surface area (Å²) in [5.41, 5.74) is 13.4. The van der Waals surface area contributed by atoms with Crippen molar-refractivity contribution in [2.75, 3.05) is 13.2 Å². The van der Waals surface area contributed by atoms with E-state index in [2.05, 4.69) is 5.32 Å². The monoisotopic (exact) mass is 293 g/mol. The molecule has 5 N–H and O–H groups in total. The van der Waals surface area contributed by atoms with E-state index >= 15 is 0 Å². The van der Waals surface area contributed by atoms with Crippen molar-refractivity contribution in [3.05, 3.63) is 29.3 Å². The van der Waals surface area contributed by atoms with Crippen molar-refractivity contribution in [2.24, 2.45) is 11.5 Å². The number of para-hydroxylation sites is 1. The summed E-state index contributed by atoms with van der Waals surface area (Å²) in [5.74, 6) is 0.729. The Bertz CT molecular complexity index is 443. The fraction of sp³-hybridized carbons (Fsp3) is 0.562. The number of carbonyl (C=O) groups is 1. The highest BCUT2D eigenvalue weighted by Crippen LogP contribution is 2.22. The zero-order valence-corrected chi connectivity index (χ0v) is 13.2. The Labute approximate surface area is 127 Å². The third-order valence-electron chi connectivity index (χ3n) is 3.33. The van der Waals surface area contributed by atoms with Gasteiger partial charge < -0.3 is 21.5 Å². The summed E-state index contributed by atoms with van der Waals surface area (Å²) in [4.78, 5) is 11.9. The van der Waals surface area contributed by atoms with E-state index in [0.29, 0.717) is 19.6 Å². The summed E-state index contributed by atoms with van der Waals surface area (Å²) in [6, 6.07) is 5.42. The smallest absolute Gasteiger partial charge is 0.237 e. The molecule has 5 nitrogen and oxygen atoms in total. The number of nitrogens with one attached hydrogen (secondary N) is 1. The molecule has 1 aromatic carbocycles. The number of ether oxygens (including phenoxy) is 1. The van der Waals surface area contributed by atoms with Gasteiger partial charge in [-0.2, -0.15) is 0 Å². The number of nitrogens with two attached hydrogens (primary N) is 2. The van der Waals surface area contributed by atoms with E-state index in [1.165, 1.54) is 0 Å². The molecular formula is C16H27N3O2. The first kappa shape index (κ1) is 17.5. The predicted molar refractivity (Wildman–Crippen MR) is 85.3 cm³/mol. The van der Waals surface area contributed by atoms with Crippen molar-refractivity contribution in [3.63, 3.8) is 0 Å². The number of carbonyl (C=O) groups excluding carboxylic acids is 1. The van der Waals surface area contributed by atoms with Gasteiger partial charge in [0.15, 0.2) is 0 Å². The molecule has 5 heteroatoms. The molecular weight excluding hydrogens is 266 g/mol. The van der Waals surface area contributed by atoms with Gasteiger partial charge in [-0.15, -0.1) is 0 Å². The van der Waals surface area contributed by atoms with E-state index in [9.17, 15) is 4.79 Å². The highest BCUT2D eigenvalue weighted by Gasteiger charge is 2.16. The zero-order valence-electron chi connectivity index (χ0n) is 13.2. The van der Waals surface area contributed by atoms with Crippen molar-refractivity contribution in [1.29, 1.82) is 0 Å². The standard InChI is InChI=1S/C16H27N3O2/c1-11-6-4-7-12(2)15(11)21-10-13(3)19-16(20)14(18)8-5-9-17/h4,6-7,13-14H,5,8-10,17-18H2,1-3H3,(H,19,20)/t13?,14-/m0/s1. The normalized spacial score (nSPS) is 13.6. The molecule has 0 aromatic heterocycles. The molecule has 0 saturated heterocycles. The van der Waals surface area contributed by atoms with Crippen LogP contribution in [0.25, 0.3) is 0 Å². The van der Waals surface area contributed by atoms with Crippen LogP contribution in [-0.4, -0.2) is 31.1 Å². The van der Waals surface area contributed by atoms with Gasteiger partial charge in [0.2, 0.25) is 5.91 Å². The van der Waals surface area contributed by atoms with Gasteiger partial charge in [-0.25, -0.2) is 0 Å². The molecule has 0 aliphatic carbocycles. The Kier molecular flexibility index (Phi) is 7.19. The number of rotatable bonds is 8.